The molecule has 1 unspecified atom stereocenters. The minimum absolute atomic E-state index is 0. The van der Waals surface area contributed by atoms with Gasteiger partial charge in [0.15, 0.2) is 5.96 Å². The standard InChI is InChI=1S/C18H25ClN6.HI/c1-20-18(21-8-3-10-25-11-4-9-22-25)23-16-7-12-24(14-16)17-6-2-5-15(19)13-17;/h2,4-6,9,11,13,16H,3,7-8,10,12,14H2,1H3,(H2,20,21,23);1H. The third-order valence-electron chi connectivity index (χ3n) is 4.34. The average Bonchev–Trinajstić information content (AvgIpc) is 3.29. The van der Waals surface area contributed by atoms with Crippen LogP contribution >= 0.6 is 35.6 Å². The van der Waals surface area contributed by atoms with Gasteiger partial charge in [0.2, 0.25) is 0 Å². The molecular weight excluding hydrogens is 463 g/mol. The normalized spacial score (nSPS) is 17.1. The summed E-state index contributed by atoms with van der Waals surface area (Å²) in [5, 5.41) is 11.9. The predicted octanol–water partition coefficient (Wildman–Crippen LogP) is 2.99. The Bertz CT molecular complexity index is 691. The fourth-order valence-corrected chi connectivity index (χ4v) is 3.24. The molecule has 2 heterocycles. The number of guanidine groups is 1. The van der Waals surface area contributed by atoms with Gasteiger partial charge in [0.1, 0.15) is 0 Å². The van der Waals surface area contributed by atoms with Crippen LogP contribution in [0, 0.1) is 0 Å². The van der Waals surface area contributed by atoms with Crippen LogP contribution in [0.5, 0.6) is 0 Å². The minimum Gasteiger partial charge on any atom is -0.369 e. The molecule has 0 amide bonds. The van der Waals surface area contributed by atoms with Crippen molar-refractivity contribution < 1.29 is 0 Å². The maximum atomic E-state index is 6.10. The fourth-order valence-electron chi connectivity index (χ4n) is 3.05. The lowest BCUT2D eigenvalue weighted by Gasteiger charge is -2.20. The molecule has 2 N–H and O–H groups in total. The second-order valence-electron chi connectivity index (χ2n) is 6.18. The molecule has 142 valence electrons. The summed E-state index contributed by atoms with van der Waals surface area (Å²) in [6.45, 7) is 3.75. The van der Waals surface area contributed by atoms with Crippen molar-refractivity contribution in [1.29, 1.82) is 0 Å². The Balaban J connectivity index is 0.00000243. The Hall–Kier alpha value is -1.48. The number of rotatable bonds is 6. The highest BCUT2D eigenvalue weighted by Crippen LogP contribution is 2.23. The van der Waals surface area contributed by atoms with Crippen molar-refractivity contribution in [3.05, 3.63) is 47.7 Å². The molecule has 6 nitrogen and oxygen atoms in total. The number of aromatic nitrogens is 2. The summed E-state index contributed by atoms with van der Waals surface area (Å²) in [5.74, 6) is 0.860. The van der Waals surface area contributed by atoms with E-state index in [1.165, 1.54) is 5.69 Å². The van der Waals surface area contributed by atoms with Crippen molar-refractivity contribution in [3.8, 4) is 0 Å². The summed E-state index contributed by atoms with van der Waals surface area (Å²) < 4.78 is 1.94. The molecule has 1 aromatic heterocycles. The molecular formula is C18H26ClIN6. The maximum absolute atomic E-state index is 6.10. The van der Waals surface area contributed by atoms with Gasteiger partial charge in [-0.3, -0.25) is 9.67 Å². The van der Waals surface area contributed by atoms with Crippen LogP contribution in [0.25, 0.3) is 0 Å². The summed E-state index contributed by atoms with van der Waals surface area (Å²) in [5.41, 5.74) is 1.18. The molecule has 3 rings (SSSR count). The molecule has 1 aliphatic rings. The van der Waals surface area contributed by atoms with E-state index in [4.69, 9.17) is 11.6 Å². The van der Waals surface area contributed by atoms with Crippen LogP contribution in [-0.4, -0.2) is 48.5 Å². The van der Waals surface area contributed by atoms with Crippen LogP contribution in [0.2, 0.25) is 5.02 Å². The van der Waals surface area contributed by atoms with E-state index in [9.17, 15) is 0 Å². The molecule has 1 atom stereocenters. The Morgan fingerprint density at radius 3 is 3.00 bits per heavy atom. The van der Waals surface area contributed by atoms with Crippen LogP contribution in [0.3, 0.4) is 0 Å². The molecule has 0 saturated carbocycles. The third-order valence-corrected chi connectivity index (χ3v) is 4.58. The Morgan fingerprint density at radius 1 is 1.38 bits per heavy atom. The van der Waals surface area contributed by atoms with E-state index in [0.29, 0.717) is 6.04 Å². The number of benzene rings is 1. The van der Waals surface area contributed by atoms with Gasteiger partial charge in [0, 0.05) is 62.4 Å². The van der Waals surface area contributed by atoms with Gasteiger partial charge < -0.3 is 15.5 Å². The van der Waals surface area contributed by atoms with Crippen LogP contribution in [-0.2, 0) is 6.54 Å². The number of aliphatic imine (C=N–C) groups is 1. The first-order valence-corrected chi connectivity index (χ1v) is 9.07. The van der Waals surface area contributed by atoms with Crippen molar-refractivity contribution >= 4 is 47.2 Å². The zero-order chi connectivity index (χ0) is 17.5. The second kappa shape index (κ2) is 10.6. The van der Waals surface area contributed by atoms with Gasteiger partial charge in [-0.05, 0) is 37.1 Å². The van der Waals surface area contributed by atoms with E-state index in [1.807, 2.05) is 42.2 Å². The van der Waals surface area contributed by atoms with Crippen LogP contribution in [0.15, 0.2) is 47.7 Å². The molecule has 2 aromatic rings. The highest BCUT2D eigenvalue weighted by Gasteiger charge is 2.23. The third kappa shape index (κ3) is 6.05. The summed E-state index contributed by atoms with van der Waals surface area (Å²) >= 11 is 6.10. The summed E-state index contributed by atoms with van der Waals surface area (Å²) in [7, 11) is 1.81. The zero-order valence-corrected chi connectivity index (χ0v) is 18.0. The molecule has 0 aliphatic carbocycles. The molecule has 0 spiro atoms. The smallest absolute Gasteiger partial charge is 0.191 e. The lowest BCUT2D eigenvalue weighted by Crippen LogP contribution is -2.45. The quantitative estimate of drug-likeness (QED) is 0.284. The molecule has 1 fully saturated rings. The number of nitrogens with one attached hydrogen (secondary N) is 2. The predicted molar refractivity (Wildman–Crippen MR) is 119 cm³/mol. The fraction of sp³-hybridized carbons (Fsp3) is 0.444. The van der Waals surface area contributed by atoms with E-state index in [-0.39, 0.29) is 24.0 Å². The van der Waals surface area contributed by atoms with E-state index >= 15 is 0 Å². The van der Waals surface area contributed by atoms with Gasteiger partial charge in [-0.15, -0.1) is 24.0 Å². The lowest BCUT2D eigenvalue weighted by atomic mass is 10.2. The van der Waals surface area contributed by atoms with Gasteiger partial charge >= 0.3 is 0 Å². The first-order chi connectivity index (χ1) is 12.2. The van der Waals surface area contributed by atoms with Crippen molar-refractivity contribution in [2.75, 3.05) is 31.6 Å². The number of hydrogen-bond donors (Lipinski definition) is 2. The van der Waals surface area contributed by atoms with E-state index < -0.39 is 0 Å². The van der Waals surface area contributed by atoms with Gasteiger partial charge in [-0.25, -0.2) is 0 Å². The second-order valence-corrected chi connectivity index (χ2v) is 6.61. The number of anilines is 1. The highest BCUT2D eigenvalue weighted by atomic mass is 127. The van der Waals surface area contributed by atoms with Gasteiger partial charge in [-0.1, -0.05) is 17.7 Å². The number of aryl methyl sites for hydroxylation is 1. The first-order valence-electron chi connectivity index (χ1n) is 8.70. The van der Waals surface area contributed by atoms with Crippen molar-refractivity contribution in [1.82, 2.24) is 20.4 Å². The van der Waals surface area contributed by atoms with E-state index in [1.54, 1.807) is 6.20 Å². The molecule has 1 saturated heterocycles. The van der Waals surface area contributed by atoms with Gasteiger partial charge in [-0.2, -0.15) is 5.10 Å². The molecule has 0 bridgehead atoms. The molecule has 26 heavy (non-hydrogen) atoms. The van der Waals surface area contributed by atoms with Crippen molar-refractivity contribution in [2.45, 2.75) is 25.4 Å². The first kappa shape index (κ1) is 20.8. The van der Waals surface area contributed by atoms with Gasteiger partial charge in [0.05, 0.1) is 0 Å². The van der Waals surface area contributed by atoms with Crippen molar-refractivity contribution in [3.63, 3.8) is 0 Å². The molecule has 1 aromatic carbocycles. The summed E-state index contributed by atoms with van der Waals surface area (Å²) in [4.78, 5) is 6.69. The van der Waals surface area contributed by atoms with Crippen LogP contribution in [0.1, 0.15) is 12.8 Å². The van der Waals surface area contributed by atoms with E-state index in [2.05, 4.69) is 31.7 Å². The van der Waals surface area contributed by atoms with Crippen molar-refractivity contribution in [2.24, 2.45) is 4.99 Å². The largest absolute Gasteiger partial charge is 0.369 e. The Kier molecular flexibility index (Phi) is 8.50. The molecule has 1 aliphatic heterocycles. The number of nitrogens with zero attached hydrogens (tertiary/aromatic N) is 4. The Labute approximate surface area is 177 Å². The van der Waals surface area contributed by atoms with Gasteiger partial charge in [0.25, 0.3) is 0 Å². The average molecular weight is 489 g/mol. The molecule has 8 heteroatoms. The SMILES string of the molecule is CN=C(NCCCn1cccn1)NC1CCN(c2cccc(Cl)c2)C1.I. The lowest BCUT2D eigenvalue weighted by molar-refractivity contribution is 0.566. The minimum atomic E-state index is 0. The zero-order valence-electron chi connectivity index (χ0n) is 14.9. The number of hydrogen-bond acceptors (Lipinski definition) is 3. The number of halogens is 2. The molecule has 0 radical (unpaired) electrons. The topological polar surface area (TPSA) is 57.5 Å². The summed E-state index contributed by atoms with van der Waals surface area (Å²) in [6.07, 6.45) is 5.87. The van der Waals surface area contributed by atoms with Crippen LogP contribution in [0.4, 0.5) is 5.69 Å². The maximum Gasteiger partial charge on any atom is 0.191 e. The Morgan fingerprint density at radius 2 is 2.27 bits per heavy atom. The highest BCUT2D eigenvalue weighted by molar-refractivity contribution is 14.0. The monoisotopic (exact) mass is 488 g/mol. The summed E-state index contributed by atoms with van der Waals surface area (Å²) in [6, 6.07) is 10.4. The van der Waals surface area contributed by atoms with E-state index in [0.717, 1.165) is 50.0 Å². The van der Waals surface area contributed by atoms with Crippen LogP contribution < -0.4 is 15.5 Å².